The molecule has 0 bridgehead atoms. The molecule has 0 spiro atoms. The van der Waals surface area contributed by atoms with E-state index in [1.165, 1.54) is 11.0 Å². The van der Waals surface area contributed by atoms with E-state index in [2.05, 4.69) is 4.98 Å². The fourth-order valence-electron chi connectivity index (χ4n) is 3.94. The van der Waals surface area contributed by atoms with Crippen LogP contribution in [0.2, 0.25) is 0 Å². The van der Waals surface area contributed by atoms with Crippen LogP contribution in [-0.4, -0.2) is 46.7 Å². The number of amides is 1. The number of hydrogen-bond donors (Lipinski definition) is 1. The number of rotatable bonds is 8. The molecule has 183 valence electrons. The third-order valence-corrected chi connectivity index (χ3v) is 5.79. The van der Waals surface area contributed by atoms with Crippen molar-refractivity contribution in [2.24, 2.45) is 5.92 Å². The van der Waals surface area contributed by atoms with Gasteiger partial charge in [0.1, 0.15) is 12.4 Å². The predicted octanol–water partition coefficient (Wildman–Crippen LogP) is 5.15. The molecule has 1 radical (unpaired) electrons. The van der Waals surface area contributed by atoms with Crippen molar-refractivity contribution in [2.45, 2.75) is 52.2 Å². The molecule has 1 aliphatic rings. The Balaban J connectivity index is 1.80. The number of carbonyl (C=O) groups excluding carboxylic acids is 1. The highest BCUT2D eigenvalue weighted by molar-refractivity contribution is 5.71. The Morgan fingerprint density at radius 2 is 2.00 bits per heavy atom. The monoisotopic (exact) mass is 475 g/mol. The number of carbonyl (C=O) groups is 2. The Hall–Kier alpha value is -3.23. The van der Waals surface area contributed by atoms with E-state index in [-0.39, 0.29) is 11.7 Å². The number of nitrogens with zero attached hydrogens (tertiary/aromatic N) is 2. The minimum Gasteiger partial charge on any atom is -0.489 e. The van der Waals surface area contributed by atoms with E-state index >= 15 is 0 Å². The molecule has 0 saturated heterocycles. The number of carboxylic acid groups (broad SMARTS) is 1. The summed E-state index contributed by atoms with van der Waals surface area (Å²) in [5.74, 6) is -3.06. The van der Waals surface area contributed by atoms with Crippen molar-refractivity contribution >= 4 is 12.1 Å². The van der Waals surface area contributed by atoms with Gasteiger partial charge in [0.25, 0.3) is 0 Å². The van der Waals surface area contributed by atoms with Gasteiger partial charge in [0.05, 0.1) is 23.4 Å². The zero-order valence-electron chi connectivity index (χ0n) is 19.5. The van der Waals surface area contributed by atoms with Crippen molar-refractivity contribution in [1.29, 1.82) is 0 Å². The first-order chi connectivity index (χ1) is 16.2. The van der Waals surface area contributed by atoms with Crippen LogP contribution >= 0.6 is 0 Å². The number of ether oxygens (including phenoxy) is 2. The van der Waals surface area contributed by atoms with Gasteiger partial charge in [-0.1, -0.05) is 6.92 Å². The van der Waals surface area contributed by atoms with E-state index in [0.29, 0.717) is 48.5 Å². The molecule has 1 aromatic carbocycles. The molecule has 1 N–H and O–H groups in total. The second-order valence-electron chi connectivity index (χ2n) is 8.38. The number of benzene rings is 1. The maximum atomic E-state index is 14.7. The van der Waals surface area contributed by atoms with Crippen molar-refractivity contribution in [1.82, 2.24) is 9.88 Å². The highest BCUT2D eigenvalue weighted by Gasteiger charge is 2.29. The Kier molecular flexibility index (Phi) is 8.41. The molecule has 2 aromatic rings. The maximum absolute atomic E-state index is 14.7. The van der Waals surface area contributed by atoms with Crippen molar-refractivity contribution in [3.8, 4) is 17.0 Å². The van der Waals surface area contributed by atoms with Crippen molar-refractivity contribution < 1.29 is 33.0 Å². The molecule has 2 unspecified atom stereocenters. The van der Waals surface area contributed by atoms with E-state index in [1.54, 1.807) is 32.5 Å². The van der Waals surface area contributed by atoms with Gasteiger partial charge in [-0.05, 0) is 63.3 Å². The predicted molar refractivity (Wildman–Crippen MR) is 121 cm³/mol. The van der Waals surface area contributed by atoms with Crippen LogP contribution in [0.3, 0.4) is 0 Å². The number of carboxylic acids is 1. The molecule has 1 aromatic heterocycles. The first-order valence-electron chi connectivity index (χ1n) is 11.3. The lowest BCUT2D eigenvalue weighted by Crippen LogP contribution is -2.30. The number of halogens is 2. The number of hydrogen-bond acceptors (Lipinski definition) is 5. The highest BCUT2D eigenvalue weighted by Crippen LogP contribution is 2.32. The second kappa shape index (κ2) is 11.3. The largest absolute Gasteiger partial charge is 0.489 e. The SMILES string of the molecule is CCCN(C)C(=O)OCc1c(-c2ccc(OC3CC[CH]C(C(=O)O)C3)c(C)n2)ccc(F)c1F. The van der Waals surface area contributed by atoms with Gasteiger partial charge in [-0.2, -0.15) is 0 Å². The molecular weight excluding hydrogens is 446 g/mol. The fourth-order valence-corrected chi connectivity index (χ4v) is 3.94. The summed E-state index contributed by atoms with van der Waals surface area (Å²) in [6, 6.07) is 5.70. The van der Waals surface area contributed by atoms with Crippen molar-refractivity contribution in [2.75, 3.05) is 13.6 Å². The van der Waals surface area contributed by atoms with E-state index < -0.39 is 36.2 Å². The zero-order valence-corrected chi connectivity index (χ0v) is 19.5. The average Bonchev–Trinajstić information content (AvgIpc) is 2.81. The Labute approximate surface area is 197 Å². The number of aromatic nitrogens is 1. The maximum Gasteiger partial charge on any atom is 0.409 e. The summed E-state index contributed by atoms with van der Waals surface area (Å²) >= 11 is 0. The quantitative estimate of drug-likeness (QED) is 0.568. The van der Waals surface area contributed by atoms with Crippen LogP contribution in [0.15, 0.2) is 24.3 Å². The fraction of sp³-hybridized carbons (Fsp3) is 0.440. The Morgan fingerprint density at radius 3 is 2.68 bits per heavy atom. The Morgan fingerprint density at radius 1 is 1.24 bits per heavy atom. The van der Waals surface area contributed by atoms with E-state index in [9.17, 15) is 23.5 Å². The smallest absolute Gasteiger partial charge is 0.409 e. The third kappa shape index (κ3) is 6.01. The van der Waals surface area contributed by atoms with Gasteiger partial charge >= 0.3 is 12.1 Å². The van der Waals surface area contributed by atoms with Gasteiger partial charge < -0.3 is 19.5 Å². The standard InChI is InChI=1S/C25H29F2N2O5/c1-4-12-29(3)25(32)33-14-19-18(8-9-20(26)23(19)27)21-10-11-22(15(2)28-21)34-17-7-5-6-16(13-17)24(30)31/h6,8-11,16-17H,4-5,7,12-14H2,1-3H3,(H,30,31). The summed E-state index contributed by atoms with van der Waals surface area (Å²) in [6.45, 7) is 3.67. The number of aliphatic carboxylic acids is 1. The molecule has 7 nitrogen and oxygen atoms in total. The van der Waals surface area contributed by atoms with Crippen molar-refractivity contribution in [3.05, 3.63) is 53.6 Å². The van der Waals surface area contributed by atoms with Crippen LogP contribution in [0.25, 0.3) is 11.3 Å². The molecule has 3 rings (SSSR count). The molecule has 0 aliphatic heterocycles. The molecule has 9 heteroatoms. The molecular formula is C25H29F2N2O5. The third-order valence-electron chi connectivity index (χ3n) is 5.79. The average molecular weight is 476 g/mol. The van der Waals surface area contributed by atoms with Crippen LogP contribution in [-0.2, 0) is 16.1 Å². The van der Waals surface area contributed by atoms with Gasteiger partial charge in [-0.25, -0.2) is 18.6 Å². The van der Waals surface area contributed by atoms with E-state index in [1.807, 2.05) is 6.92 Å². The lowest BCUT2D eigenvalue weighted by Gasteiger charge is -2.27. The van der Waals surface area contributed by atoms with Gasteiger partial charge in [0.15, 0.2) is 11.6 Å². The topological polar surface area (TPSA) is 89.0 Å². The Bertz CT molecular complexity index is 1050. The summed E-state index contributed by atoms with van der Waals surface area (Å²) in [4.78, 5) is 29.3. The molecule has 1 heterocycles. The van der Waals surface area contributed by atoms with Gasteiger partial charge in [-0.3, -0.25) is 4.79 Å². The summed E-state index contributed by atoms with van der Waals surface area (Å²) in [5.41, 5.74) is 1.09. The minimum absolute atomic E-state index is 0.106. The van der Waals surface area contributed by atoms with E-state index in [0.717, 1.165) is 12.5 Å². The lowest BCUT2D eigenvalue weighted by molar-refractivity contribution is -0.142. The number of aryl methyl sites for hydroxylation is 1. The first kappa shape index (κ1) is 25.4. The molecule has 1 amide bonds. The van der Waals surface area contributed by atoms with Gasteiger partial charge in [0.2, 0.25) is 0 Å². The number of pyridine rings is 1. The van der Waals surface area contributed by atoms with Crippen LogP contribution in [0.1, 0.15) is 43.9 Å². The molecule has 2 atom stereocenters. The van der Waals surface area contributed by atoms with Crippen molar-refractivity contribution in [3.63, 3.8) is 0 Å². The van der Waals surface area contributed by atoms with Crippen LogP contribution in [0.5, 0.6) is 5.75 Å². The molecule has 1 saturated carbocycles. The van der Waals surface area contributed by atoms with Gasteiger partial charge in [0, 0.05) is 24.7 Å². The normalized spacial score (nSPS) is 17.8. The molecule has 34 heavy (non-hydrogen) atoms. The van der Waals surface area contributed by atoms with Crippen LogP contribution in [0, 0.1) is 30.9 Å². The minimum atomic E-state index is -1.10. The highest BCUT2D eigenvalue weighted by atomic mass is 19.2. The summed E-state index contributed by atoms with van der Waals surface area (Å²) in [5, 5.41) is 9.25. The van der Waals surface area contributed by atoms with Gasteiger partial charge in [-0.15, -0.1) is 0 Å². The van der Waals surface area contributed by atoms with E-state index in [4.69, 9.17) is 9.47 Å². The molecule has 1 aliphatic carbocycles. The van der Waals surface area contributed by atoms with Crippen LogP contribution in [0.4, 0.5) is 13.6 Å². The lowest BCUT2D eigenvalue weighted by atomic mass is 9.87. The van der Waals surface area contributed by atoms with Crippen LogP contribution < -0.4 is 4.74 Å². The zero-order chi connectivity index (χ0) is 24.8. The first-order valence-corrected chi connectivity index (χ1v) is 11.3. The summed E-state index contributed by atoms with van der Waals surface area (Å²) in [6.07, 6.45) is 3.37. The summed E-state index contributed by atoms with van der Waals surface area (Å²) < 4.78 is 39.8. The molecule has 1 fully saturated rings. The summed E-state index contributed by atoms with van der Waals surface area (Å²) in [7, 11) is 1.57. The second-order valence-corrected chi connectivity index (χ2v) is 8.38.